The molecule has 5 heteroatoms. The highest BCUT2D eigenvalue weighted by molar-refractivity contribution is 9.10. The summed E-state index contributed by atoms with van der Waals surface area (Å²) in [6, 6.07) is 12.9. The van der Waals surface area contributed by atoms with Gasteiger partial charge in [0.1, 0.15) is 11.5 Å². The Labute approximate surface area is 183 Å². The van der Waals surface area contributed by atoms with Crippen molar-refractivity contribution in [2.45, 2.75) is 52.9 Å². The predicted octanol–water partition coefficient (Wildman–Crippen LogP) is 7.09. The summed E-state index contributed by atoms with van der Waals surface area (Å²) >= 11 is 3.50. The van der Waals surface area contributed by atoms with Crippen molar-refractivity contribution in [2.75, 3.05) is 18.5 Å². The van der Waals surface area contributed by atoms with Gasteiger partial charge in [0, 0.05) is 11.3 Å². The Hall–Kier alpha value is -2.01. The molecule has 0 saturated heterocycles. The zero-order chi connectivity index (χ0) is 21.1. The van der Waals surface area contributed by atoms with Crippen LogP contribution in [0.1, 0.15) is 63.2 Å². The van der Waals surface area contributed by atoms with Gasteiger partial charge >= 0.3 is 0 Å². The van der Waals surface area contributed by atoms with Crippen LogP contribution in [0.2, 0.25) is 0 Å². The number of anilines is 1. The number of halogens is 1. The number of rotatable bonds is 12. The fourth-order valence-corrected chi connectivity index (χ4v) is 3.21. The topological polar surface area (TPSA) is 47.6 Å². The molecule has 0 unspecified atom stereocenters. The fraction of sp³-hybridized carbons (Fsp3) is 0.458. The van der Waals surface area contributed by atoms with E-state index in [1.54, 1.807) is 12.1 Å². The molecule has 2 aromatic rings. The first kappa shape index (κ1) is 23.3. The molecule has 2 aromatic carbocycles. The normalized spacial score (nSPS) is 10.8. The average molecular weight is 462 g/mol. The third-order valence-corrected chi connectivity index (χ3v) is 5.15. The van der Waals surface area contributed by atoms with E-state index in [9.17, 15) is 4.79 Å². The Balaban J connectivity index is 1.85. The lowest BCUT2D eigenvalue weighted by Gasteiger charge is -2.11. The average Bonchev–Trinajstić information content (AvgIpc) is 2.70. The van der Waals surface area contributed by atoms with Crippen LogP contribution in [0, 0.1) is 5.92 Å². The van der Waals surface area contributed by atoms with Crippen molar-refractivity contribution in [2.24, 2.45) is 5.92 Å². The van der Waals surface area contributed by atoms with E-state index in [1.165, 1.54) is 19.3 Å². The third-order valence-electron chi connectivity index (χ3n) is 4.53. The maximum Gasteiger partial charge on any atom is 0.255 e. The van der Waals surface area contributed by atoms with Crippen molar-refractivity contribution in [1.29, 1.82) is 0 Å². The van der Waals surface area contributed by atoms with Crippen molar-refractivity contribution >= 4 is 27.5 Å². The monoisotopic (exact) mass is 461 g/mol. The summed E-state index contributed by atoms with van der Waals surface area (Å²) in [4.78, 5) is 12.5. The first-order valence-corrected chi connectivity index (χ1v) is 11.3. The molecule has 158 valence electrons. The number of nitrogens with one attached hydrogen (secondary N) is 1. The first-order chi connectivity index (χ1) is 14.0. The van der Waals surface area contributed by atoms with Crippen LogP contribution in [0.4, 0.5) is 5.69 Å². The summed E-state index contributed by atoms with van der Waals surface area (Å²) < 4.78 is 12.3. The van der Waals surface area contributed by atoms with Gasteiger partial charge in [0.2, 0.25) is 0 Å². The van der Waals surface area contributed by atoms with Gasteiger partial charge in [-0.25, -0.2) is 0 Å². The maximum atomic E-state index is 12.5. The summed E-state index contributed by atoms with van der Waals surface area (Å²) in [7, 11) is 0. The molecular weight excluding hydrogens is 430 g/mol. The second kappa shape index (κ2) is 12.5. The molecule has 1 amide bonds. The highest BCUT2D eigenvalue weighted by Gasteiger charge is 2.10. The van der Waals surface area contributed by atoms with Crippen LogP contribution in [-0.2, 0) is 0 Å². The predicted molar refractivity (Wildman–Crippen MR) is 123 cm³/mol. The van der Waals surface area contributed by atoms with Gasteiger partial charge in [-0.3, -0.25) is 4.79 Å². The second-order valence-electron chi connectivity index (χ2n) is 7.56. The Morgan fingerprint density at radius 2 is 1.76 bits per heavy atom. The lowest BCUT2D eigenvalue weighted by Crippen LogP contribution is -2.12. The number of benzene rings is 2. The Morgan fingerprint density at radius 1 is 1.00 bits per heavy atom. The van der Waals surface area contributed by atoms with Gasteiger partial charge in [-0.15, -0.1) is 0 Å². The largest absolute Gasteiger partial charge is 0.494 e. The quantitative estimate of drug-likeness (QED) is 0.343. The number of amides is 1. The molecule has 0 aliphatic carbocycles. The number of unbranched alkanes of at least 4 members (excludes halogenated alkanes) is 3. The van der Waals surface area contributed by atoms with Crippen molar-refractivity contribution < 1.29 is 14.3 Å². The van der Waals surface area contributed by atoms with Crippen LogP contribution in [-0.4, -0.2) is 19.1 Å². The molecule has 0 fully saturated rings. The summed E-state index contributed by atoms with van der Waals surface area (Å²) in [5, 5.41) is 2.92. The molecule has 0 heterocycles. The van der Waals surface area contributed by atoms with E-state index in [1.807, 2.05) is 30.3 Å². The van der Waals surface area contributed by atoms with E-state index in [0.717, 1.165) is 41.1 Å². The zero-order valence-corrected chi connectivity index (χ0v) is 19.3. The van der Waals surface area contributed by atoms with Gasteiger partial charge in [-0.1, -0.05) is 40.0 Å². The molecule has 0 aliphatic heterocycles. The van der Waals surface area contributed by atoms with Gasteiger partial charge in [0.25, 0.3) is 5.91 Å². The summed E-state index contributed by atoms with van der Waals surface area (Å²) in [6.07, 6.45) is 5.72. The fourth-order valence-electron chi connectivity index (χ4n) is 2.72. The summed E-state index contributed by atoms with van der Waals surface area (Å²) in [5.41, 5.74) is 1.31. The maximum absolute atomic E-state index is 12.5. The highest BCUT2D eigenvalue weighted by atomic mass is 79.9. The van der Waals surface area contributed by atoms with Crippen molar-refractivity contribution in [1.82, 2.24) is 0 Å². The SMILES string of the molecule is CCCCCCOc1ccc(NC(=O)c2ccc(OCCC(C)C)c(Br)c2)cc1. The molecule has 4 nitrogen and oxygen atoms in total. The van der Waals surface area contributed by atoms with Crippen molar-refractivity contribution in [3.8, 4) is 11.5 Å². The Morgan fingerprint density at radius 3 is 2.41 bits per heavy atom. The number of hydrogen-bond donors (Lipinski definition) is 1. The Bertz CT molecular complexity index is 759. The minimum Gasteiger partial charge on any atom is -0.494 e. The van der Waals surface area contributed by atoms with Gasteiger partial charge in [0.15, 0.2) is 0 Å². The number of hydrogen-bond acceptors (Lipinski definition) is 3. The van der Waals surface area contributed by atoms with E-state index in [0.29, 0.717) is 18.1 Å². The standard InChI is InChI=1S/C24H32BrNO3/c1-4-5-6-7-15-28-21-11-9-20(10-12-21)26-24(27)19-8-13-23(22(25)17-19)29-16-14-18(2)3/h8-13,17-18H,4-7,14-16H2,1-3H3,(H,26,27). The van der Waals surface area contributed by atoms with Gasteiger partial charge in [-0.2, -0.15) is 0 Å². The zero-order valence-electron chi connectivity index (χ0n) is 17.7. The van der Waals surface area contributed by atoms with E-state index in [4.69, 9.17) is 9.47 Å². The molecule has 29 heavy (non-hydrogen) atoms. The summed E-state index contributed by atoms with van der Waals surface area (Å²) in [6.45, 7) is 7.92. The molecule has 0 saturated carbocycles. The molecule has 1 N–H and O–H groups in total. The van der Waals surface area contributed by atoms with Crippen molar-refractivity contribution in [3.05, 3.63) is 52.5 Å². The second-order valence-corrected chi connectivity index (χ2v) is 8.42. The van der Waals surface area contributed by atoms with Crippen LogP contribution < -0.4 is 14.8 Å². The van der Waals surface area contributed by atoms with Gasteiger partial charge < -0.3 is 14.8 Å². The van der Waals surface area contributed by atoms with E-state index in [-0.39, 0.29) is 5.91 Å². The van der Waals surface area contributed by atoms with E-state index in [2.05, 4.69) is 42.0 Å². The molecule has 0 spiro atoms. The molecule has 0 radical (unpaired) electrons. The Kier molecular flexibility index (Phi) is 10.1. The minimum atomic E-state index is -0.160. The van der Waals surface area contributed by atoms with Crippen LogP contribution in [0.15, 0.2) is 46.9 Å². The van der Waals surface area contributed by atoms with Crippen molar-refractivity contribution in [3.63, 3.8) is 0 Å². The first-order valence-electron chi connectivity index (χ1n) is 10.5. The van der Waals surface area contributed by atoms with Crippen LogP contribution in [0.5, 0.6) is 11.5 Å². The van der Waals surface area contributed by atoms with Gasteiger partial charge in [-0.05, 0) is 77.2 Å². The smallest absolute Gasteiger partial charge is 0.255 e. The number of carbonyl (C=O) groups is 1. The summed E-state index contributed by atoms with van der Waals surface area (Å²) in [5.74, 6) is 2.01. The number of carbonyl (C=O) groups excluding carboxylic acids is 1. The van der Waals surface area contributed by atoms with Gasteiger partial charge in [0.05, 0.1) is 17.7 Å². The lowest BCUT2D eigenvalue weighted by atomic mass is 10.1. The highest BCUT2D eigenvalue weighted by Crippen LogP contribution is 2.27. The molecular formula is C24H32BrNO3. The lowest BCUT2D eigenvalue weighted by molar-refractivity contribution is 0.102. The molecule has 0 aliphatic rings. The molecule has 0 aromatic heterocycles. The molecule has 0 bridgehead atoms. The minimum absolute atomic E-state index is 0.160. The van der Waals surface area contributed by atoms with E-state index >= 15 is 0 Å². The molecule has 0 atom stereocenters. The number of ether oxygens (including phenoxy) is 2. The third kappa shape index (κ3) is 8.48. The van der Waals surface area contributed by atoms with Crippen LogP contribution in [0.25, 0.3) is 0 Å². The molecule has 2 rings (SSSR count). The van der Waals surface area contributed by atoms with Crippen LogP contribution in [0.3, 0.4) is 0 Å². The van der Waals surface area contributed by atoms with Crippen LogP contribution >= 0.6 is 15.9 Å². The van der Waals surface area contributed by atoms with E-state index < -0.39 is 0 Å².